The zero-order chi connectivity index (χ0) is 33.8. The van der Waals surface area contributed by atoms with Gasteiger partial charge < -0.3 is 19.5 Å². The molecule has 6 atom stereocenters. The summed E-state index contributed by atoms with van der Waals surface area (Å²) in [6, 6.07) is 11.4. The largest absolute Gasteiger partial charge is 0.490 e. The molecule has 1 amide bonds. The van der Waals surface area contributed by atoms with Crippen molar-refractivity contribution in [2.45, 2.75) is 87.1 Å². The third kappa shape index (κ3) is 6.21. The Morgan fingerprint density at radius 3 is 2.73 bits per heavy atom. The number of carbonyl (C=O) groups excluding carboxylic acids is 1. The van der Waals surface area contributed by atoms with Gasteiger partial charge in [0.1, 0.15) is 5.75 Å². The Hall–Kier alpha value is -2.85. The molecular formula is C38H47ClN2O6S. The molecule has 0 aromatic heterocycles. The SMILES string of the molecule is C=C1C/C=C/[C@](C[C@H](O)C2CC2)(OC)[C@@H]2CC[C@H]2CN2C[C@@]3(CCCc4cc(Cl)ccc43)COc3ccc(cc32)C(=O)NS(=O)(=O)[C@@H]1C. The van der Waals surface area contributed by atoms with Crippen molar-refractivity contribution in [2.24, 2.45) is 17.8 Å². The molecule has 2 bridgehead atoms. The summed E-state index contributed by atoms with van der Waals surface area (Å²) in [5, 5.41) is 11.0. The highest BCUT2D eigenvalue weighted by Gasteiger charge is 2.51. The number of aliphatic hydroxyl groups is 1. The molecule has 8 nitrogen and oxygen atoms in total. The van der Waals surface area contributed by atoms with E-state index in [9.17, 15) is 18.3 Å². The van der Waals surface area contributed by atoms with E-state index in [0.29, 0.717) is 49.8 Å². The molecule has 258 valence electrons. The van der Waals surface area contributed by atoms with E-state index in [1.54, 1.807) is 32.2 Å². The molecule has 2 aromatic rings. The van der Waals surface area contributed by atoms with Crippen LogP contribution < -0.4 is 14.4 Å². The molecule has 2 heterocycles. The van der Waals surface area contributed by atoms with Crippen molar-refractivity contribution >= 4 is 33.2 Å². The number of ether oxygens (including phenoxy) is 2. The highest BCUT2D eigenvalue weighted by atomic mass is 35.5. The number of rotatable bonds is 4. The van der Waals surface area contributed by atoms with Gasteiger partial charge in [-0.1, -0.05) is 42.0 Å². The van der Waals surface area contributed by atoms with Gasteiger partial charge in [-0.05, 0) is 118 Å². The molecule has 2 aliphatic heterocycles. The van der Waals surface area contributed by atoms with Gasteiger partial charge >= 0.3 is 0 Å². The molecule has 2 aromatic carbocycles. The number of aryl methyl sites for hydroxylation is 1. The van der Waals surface area contributed by atoms with Gasteiger partial charge in [0, 0.05) is 42.6 Å². The lowest BCUT2D eigenvalue weighted by molar-refractivity contribution is -0.100. The van der Waals surface area contributed by atoms with Crippen LogP contribution in [0.25, 0.3) is 0 Å². The van der Waals surface area contributed by atoms with Crippen LogP contribution in [0.5, 0.6) is 5.75 Å². The summed E-state index contributed by atoms with van der Waals surface area (Å²) in [5.41, 5.74) is 3.01. The number of nitrogens with zero attached hydrogens (tertiary/aromatic N) is 1. The van der Waals surface area contributed by atoms with Crippen molar-refractivity contribution in [3.05, 3.63) is 82.4 Å². The fourth-order valence-electron chi connectivity index (χ4n) is 8.66. The van der Waals surface area contributed by atoms with Crippen molar-refractivity contribution in [1.82, 2.24) is 4.72 Å². The molecule has 5 aliphatic rings. The van der Waals surface area contributed by atoms with Crippen LogP contribution >= 0.6 is 11.6 Å². The third-order valence-corrected chi connectivity index (χ3v) is 13.9. The lowest BCUT2D eigenvalue weighted by Gasteiger charge is -2.51. The fraction of sp³-hybridized carbons (Fsp3) is 0.553. The monoisotopic (exact) mass is 694 g/mol. The lowest BCUT2D eigenvalue weighted by Crippen LogP contribution is -2.54. The third-order valence-electron chi connectivity index (χ3n) is 11.9. The molecule has 1 spiro atoms. The van der Waals surface area contributed by atoms with Crippen LogP contribution in [0.2, 0.25) is 5.02 Å². The quantitative estimate of drug-likeness (QED) is 0.360. The molecule has 2 saturated carbocycles. The Labute approximate surface area is 289 Å². The lowest BCUT2D eigenvalue weighted by atomic mass is 9.62. The van der Waals surface area contributed by atoms with Crippen molar-refractivity contribution in [3.8, 4) is 5.75 Å². The molecule has 0 unspecified atom stereocenters. The minimum absolute atomic E-state index is 0.141. The first kappa shape index (κ1) is 33.6. The van der Waals surface area contributed by atoms with E-state index in [0.717, 1.165) is 55.7 Å². The minimum atomic E-state index is -4.06. The predicted octanol–water partition coefficient (Wildman–Crippen LogP) is 6.35. The second-order valence-corrected chi connectivity index (χ2v) is 17.3. The topological polar surface area (TPSA) is 105 Å². The number of anilines is 1. The standard InChI is InChI=1S/C38H47ClN2O6S/c1-24-6-4-17-38(46-3,20-34(42)26-8-9-26)32-13-10-29(32)21-41-22-37(16-5-7-27-18-30(39)12-14-31(27)37)23-47-35-15-11-28(19-33(35)41)36(43)40-48(44,45)25(24)2/h4,11-12,14-15,17-19,25-26,29,32,34,42H,1,5-10,13,16,20-23H2,2-3H3,(H,40,43)/b17-4+/t25-,29+,32-,34+,37+,38-/m1/s1. The van der Waals surface area contributed by atoms with E-state index in [1.807, 2.05) is 12.1 Å². The number of hydrogen-bond acceptors (Lipinski definition) is 7. The maximum absolute atomic E-state index is 13.5. The highest BCUT2D eigenvalue weighted by Crippen LogP contribution is 2.51. The number of halogens is 1. The number of hydrogen-bond donors (Lipinski definition) is 2. The molecular weight excluding hydrogens is 648 g/mol. The minimum Gasteiger partial charge on any atom is -0.490 e. The Bertz CT molecular complexity index is 1740. The first-order valence-corrected chi connectivity index (χ1v) is 19.3. The molecule has 0 radical (unpaired) electrons. The number of methoxy groups -OCH3 is 1. The van der Waals surface area contributed by atoms with Gasteiger partial charge in [0.2, 0.25) is 10.0 Å². The summed E-state index contributed by atoms with van der Waals surface area (Å²) in [6.07, 6.45) is 11.3. The van der Waals surface area contributed by atoms with Crippen molar-refractivity contribution in [3.63, 3.8) is 0 Å². The van der Waals surface area contributed by atoms with E-state index in [1.165, 1.54) is 11.1 Å². The Morgan fingerprint density at radius 1 is 1.19 bits per heavy atom. The van der Waals surface area contributed by atoms with Gasteiger partial charge in [-0.15, -0.1) is 0 Å². The van der Waals surface area contributed by atoms with E-state index in [4.69, 9.17) is 21.1 Å². The van der Waals surface area contributed by atoms with Crippen LogP contribution in [-0.2, 0) is 26.6 Å². The van der Waals surface area contributed by atoms with Crippen LogP contribution in [0, 0.1) is 17.8 Å². The maximum atomic E-state index is 13.5. The summed E-state index contributed by atoms with van der Waals surface area (Å²) in [4.78, 5) is 15.9. The molecule has 0 saturated heterocycles. The van der Waals surface area contributed by atoms with Crippen molar-refractivity contribution in [2.75, 3.05) is 31.7 Å². The second kappa shape index (κ2) is 12.8. The normalized spacial score (nSPS) is 32.9. The van der Waals surface area contributed by atoms with Crippen LogP contribution in [-0.4, -0.2) is 63.2 Å². The van der Waals surface area contributed by atoms with Crippen LogP contribution in [0.1, 0.15) is 79.8 Å². The molecule has 48 heavy (non-hydrogen) atoms. The summed E-state index contributed by atoms with van der Waals surface area (Å²) in [7, 11) is -2.33. The van der Waals surface area contributed by atoms with Gasteiger partial charge in [0.15, 0.2) is 0 Å². The molecule has 3 aliphatic carbocycles. The predicted molar refractivity (Wildman–Crippen MR) is 188 cm³/mol. The average Bonchev–Trinajstić information content (AvgIpc) is 3.91. The number of aliphatic hydroxyl groups excluding tert-OH is 1. The first-order valence-electron chi connectivity index (χ1n) is 17.4. The number of carbonyl (C=O) groups is 1. The number of benzene rings is 2. The summed E-state index contributed by atoms with van der Waals surface area (Å²) < 4.78 is 42.2. The van der Waals surface area contributed by atoms with Crippen LogP contribution in [0.15, 0.2) is 60.7 Å². The second-order valence-electron chi connectivity index (χ2n) is 14.9. The Morgan fingerprint density at radius 2 is 2.00 bits per heavy atom. The maximum Gasteiger partial charge on any atom is 0.264 e. The van der Waals surface area contributed by atoms with Gasteiger partial charge in [-0.2, -0.15) is 0 Å². The van der Waals surface area contributed by atoms with Gasteiger partial charge in [0.05, 0.1) is 29.2 Å². The zero-order valence-electron chi connectivity index (χ0n) is 27.9. The van der Waals surface area contributed by atoms with E-state index < -0.39 is 32.9 Å². The smallest absolute Gasteiger partial charge is 0.264 e. The average molecular weight is 695 g/mol. The zero-order valence-corrected chi connectivity index (χ0v) is 29.5. The number of amides is 1. The van der Waals surface area contributed by atoms with Gasteiger partial charge in [0.25, 0.3) is 5.91 Å². The van der Waals surface area contributed by atoms with E-state index in [2.05, 4.69) is 34.4 Å². The van der Waals surface area contributed by atoms with Crippen molar-refractivity contribution in [1.29, 1.82) is 0 Å². The number of sulfonamides is 1. The van der Waals surface area contributed by atoms with E-state index >= 15 is 0 Å². The highest BCUT2D eigenvalue weighted by molar-refractivity contribution is 7.90. The Kier molecular flexibility index (Phi) is 8.97. The molecule has 7 rings (SSSR count). The van der Waals surface area contributed by atoms with Crippen LogP contribution in [0.3, 0.4) is 0 Å². The molecule has 2 N–H and O–H groups in total. The summed E-state index contributed by atoms with van der Waals surface area (Å²) >= 11 is 6.45. The Balaban J connectivity index is 1.33. The number of fused-ring (bicyclic) bond motifs is 4. The van der Waals surface area contributed by atoms with Crippen LogP contribution in [0.4, 0.5) is 5.69 Å². The van der Waals surface area contributed by atoms with E-state index in [-0.39, 0.29) is 22.8 Å². The molecule has 2 fully saturated rings. The summed E-state index contributed by atoms with van der Waals surface area (Å²) in [5.74, 6) is 0.687. The number of nitrogens with one attached hydrogen (secondary N) is 1. The fourth-order valence-corrected chi connectivity index (χ4v) is 9.94. The number of allylic oxidation sites excluding steroid dienone is 1. The summed E-state index contributed by atoms with van der Waals surface area (Å²) in [6.45, 7) is 7.50. The first-order chi connectivity index (χ1) is 22.9. The van der Waals surface area contributed by atoms with Crippen molar-refractivity contribution < 1.29 is 27.8 Å². The molecule has 10 heteroatoms. The van der Waals surface area contributed by atoms with Gasteiger partial charge in [-0.25, -0.2) is 13.1 Å². The van der Waals surface area contributed by atoms with Gasteiger partial charge in [-0.3, -0.25) is 4.79 Å².